The molecule has 0 saturated carbocycles. The summed E-state index contributed by atoms with van der Waals surface area (Å²) in [7, 11) is 0.0512. The van der Waals surface area contributed by atoms with Gasteiger partial charge in [-0.3, -0.25) is 9.48 Å². The highest BCUT2D eigenvalue weighted by Gasteiger charge is 2.37. The van der Waals surface area contributed by atoms with Gasteiger partial charge < -0.3 is 8.83 Å². The Hall–Kier alpha value is -2.23. The molecule has 0 unspecified atom stereocenters. The molecule has 0 aliphatic rings. The van der Waals surface area contributed by atoms with Crippen molar-refractivity contribution in [1.29, 1.82) is 0 Å². The van der Waals surface area contributed by atoms with Crippen LogP contribution in [-0.2, 0) is 24.6 Å². The number of rotatable bonds is 5. The first-order valence-corrected chi connectivity index (χ1v) is 13.8. The first-order chi connectivity index (χ1) is 14.0. The van der Waals surface area contributed by atoms with Crippen LogP contribution in [0.2, 0.25) is 18.1 Å². The van der Waals surface area contributed by atoms with Crippen LogP contribution >= 0.6 is 11.3 Å². The molecule has 0 fully saturated rings. The van der Waals surface area contributed by atoms with Gasteiger partial charge in [0.15, 0.2) is 8.32 Å². The lowest BCUT2D eigenvalue weighted by molar-refractivity contribution is 0.279. The van der Waals surface area contributed by atoms with E-state index in [2.05, 4.69) is 54.7 Å². The number of hydrogen-bond acceptors (Lipinski definition) is 5. The molecule has 4 aromatic heterocycles. The lowest BCUT2D eigenvalue weighted by Crippen LogP contribution is -2.40. The van der Waals surface area contributed by atoms with Gasteiger partial charge >= 0.3 is 0 Å². The molecule has 9 heteroatoms. The van der Waals surface area contributed by atoms with Crippen molar-refractivity contribution in [1.82, 2.24) is 24.0 Å². The van der Waals surface area contributed by atoms with E-state index in [1.165, 1.54) is 4.68 Å². The first kappa shape index (κ1) is 21.0. The summed E-state index contributed by atoms with van der Waals surface area (Å²) in [6.07, 6.45) is 5.77. The van der Waals surface area contributed by atoms with Gasteiger partial charge in [0.1, 0.15) is 4.83 Å². The monoisotopic (exact) mass is 443 g/mol. The molecule has 4 rings (SSSR count). The van der Waals surface area contributed by atoms with E-state index in [1.54, 1.807) is 22.2 Å². The van der Waals surface area contributed by atoms with Gasteiger partial charge in [0.05, 0.1) is 30.4 Å². The van der Waals surface area contributed by atoms with E-state index >= 15 is 0 Å². The molecule has 0 saturated heterocycles. The quantitative estimate of drug-likeness (QED) is 0.431. The number of hydrogen-bond donors (Lipinski definition) is 0. The molecule has 0 radical (unpaired) electrons. The number of nitrogens with zero attached hydrogens (tertiary/aromatic N) is 5. The standard InChI is InChI=1S/C21H29N5O2SSi/c1-14-18-17(10-22-26(19(18)27)11-15-8-9-24(5)23-15)20-25(14)12-16(29-20)13-28-30(6,7)21(2,3)4/h8-10,12H,11,13H2,1-7H3. The molecule has 0 atom stereocenters. The van der Waals surface area contributed by atoms with E-state index in [1.807, 2.05) is 26.2 Å². The summed E-state index contributed by atoms with van der Waals surface area (Å²) in [6, 6.07) is 1.90. The zero-order valence-electron chi connectivity index (χ0n) is 18.7. The van der Waals surface area contributed by atoms with Crippen LogP contribution in [0.1, 0.15) is 37.0 Å². The summed E-state index contributed by atoms with van der Waals surface area (Å²) >= 11 is 1.68. The highest BCUT2D eigenvalue weighted by molar-refractivity contribution is 7.18. The van der Waals surface area contributed by atoms with Crippen molar-refractivity contribution in [3.63, 3.8) is 0 Å². The predicted octanol–water partition coefficient (Wildman–Crippen LogP) is 4.32. The van der Waals surface area contributed by atoms with Crippen LogP contribution in [0.25, 0.3) is 15.6 Å². The van der Waals surface area contributed by atoms with E-state index in [0.29, 0.717) is 13.2 Å². The Morgan fingerprint density at radius 2 is 2.00 bits per heavy atom. The first-order valence-electron chi connectivity index (χ1n) is 10.1. The molecule has 0 aliphatic heterocycles. The average Bonchev–Trinajstić information content (AvgIpc) is 3.32. The summed E-state index contributed by atoms with van der Waals surface area (Å²) in [6.45, 7) is 14.2. The molecule has 0 aliphatic carbocycles. The molecule has 4 aromatic rings. The minimum absolute atomic E-state index is 0.0781. The van der Waals surface area contributed by atoms with E-state index < -0.39 is 8.32 Å². The third kappa shape index (κ3) is 3.55. The van der Waals surface area contributed by atoms with Gasteiger partial charge in [-0.15, -0.1) is 11.3 Å². The molecule has 30 heavy (non-hydrogen) atoms. The zero-order valence-corrected chi connectivity index (χ0v) is 20.5. The van der Waals surface area contributed by atoms with Crippen LogP contribution in [0.4, 0.5) is 0 Å². The summed E-state index contributed by atoms with van der Waals surface area (Å²) in [5, 5.41) is 10.6. The molecule has 0 aromatic carbocycles. The Morgan fingerprint density at radius 1 is 1.27 bits per heavy atom. The van der Waals surface area contributed by atoms with E-state index in [0.717, 1.165) is 31.9 Å². The smallest absolute Gasteiger partial charge is 0.276 e. The van der Waals surface area contributed by atoms with Crippen molar-refractivity contribution in [3.05, 3.63) is 51.3 Å². The molecule has 160 valence electrons. The largest absolute Gasteiger partial charge is 0.412 e. The van der Waals surface area contributed by atoms with Gasteiger partial charge in [-0.2, -0.15) is 10.2 Å². The maximum absolute atomic E-state index is 13.1. The van der Waals surface area contributed by atoms with Gasteiger partial charge in [-0.25, -0.2) is 4.68 Å². The van der Waals surface area contributed by atoms with Crippen LogP contribution in [0, 0.1) is 6.92 Å². The lowest BCUT2D eigenvalue weighted by atomic mass is 10.2. The number of aromatic nitrogens is 5. The van der Waals surface area contributed by atoms with E-state index in [9.17, 15) is 4.79 Å². The zero-order chi connectivity index (χ0) is 21.8. The fraction of sp³-hybridized carbons (Fsp3) is 0.476. The van der Waals surface area contributed by atoms with Crippen molar-refractivity contribution >= 4 is 35.3 Å². The highest BCUT2D eigenvalue weighted by atomic mass is 32.1. The molecular formula is C21H29N5O2SSi. The SMILES string of the molecule is Cc1c2c(=O)n(Cc3ccn(C)n3)ncc2c2sc(CO[Si](C)(C)C(C)(C)C)cn12. The third-order valence-electron chi connectivity index (χ3n) is 6.18. The van der Waals surface area contributed by atoms with Gasteiger partial charge in [0.2, 0.25) is 0 Å². The molecule has 0 spiro atoms. The van der Waals surface area contributed by atoms with Gasteiger partial charge in [0.25, 0.3) is 5.56 Å². The average molecular weight is 444 g/mol. The second-order valence-electron chi connectivity index (χ2n) is 9.38. The summed E-state index contributed by atoms with van der Waals surface area (Å²) in [5.41, 5.74) is 1.68. The Bertz CT molecular complexity index is 1290. The fourth-order valence-corrected chi connectivity index (χ4v) is 5.44. The van der Waals surface area contributed by atoms with Crippen LogP contribution < -0.4 is 5.56 Å². The van der Waals surface area contributed by atoms with Crippen molar-refractivity contribution in [3.8, 4) is 0 Å². The highest BCUT2D eigenvalue weighted by Crippen LogP contribution is 2.38. The van der Waals surface area contributed by atoms with Crippen LogP contribution in [0.15, 0.2) is 29.5 Å². The summed E-state index contributed by atoms with van der Waals surface area (Å²) in [5.74, 6) is 0. The summed E-state index contributed by atoms with van der Waals surface area (Å²) < 4.78 is 11.7. The molecule has 7 nitrogen and oxygen atoms in total. The Labute approximate surface area is 181 Å². The van der Waals surface area contributed by atoms with Gasteiger partial charge in [-0.1, -0.05) is 20.8 Å². The molecule has 0 N–H and O–H groups in total. The lowest BCUT2D eigenvalue weighted by Gasteiger charge is -2.35. The molecular weight excluding hydrogens is 414 g/mol. The van der Waals surface area contributed by atoms with Crippen molar-refractivity contribution in [2.24, 2.45) is 7.05 Å². The van der Waals surface area contributed by atoms with Crippen LogP contribution in [0.3, 0.4) is 0 Å². The number of fused-ring (bicyclic) bond motifs is 3. The second-order valence-corrected chi connectivity index (χ2v) is 15.3. The predicted molar refractivity (Wildman–Crippen MR) is 124 cm³/mol. The van der Waals surface area contributed by atoms with Gasteiger partial charge in [-0.05, 0) is 31.1 Å². The Morgan fingerprint density at radius 3 is 2.63 bits per heavy atom. The minimum Gasteiger partial charge on any atom is -0.412 e. The maximum atomic E-state index is 13.1. The van der Waals surface area contributed by atoms with Crippen molar-refractivity contribution in [2.45, 2.75) is 59.0 Å². The fourth-order valence-electron chi connectivity index (χ4n) is 3.31. The minimum atomic E-state index is -1.81. The third-order valence-corrected chi connectivity index (χ3v) is 11.8. The normalized spacial score (nSPS) is 13.0. The van der Waals surface area contributed by atoms with Crippen LogP contribution in [-0.4, -0.2) is 32.3 Å². The van der Waals surface area contributed by atoms with E-state index in [-0.39, 0.29) is 10.6 Å². The topological polar surface area (TPSA) is 66.3 Å². The number of aryl methyl sites for hydroxylation is 2. The van der Waals surface area contributed by atoms with Crippen molar-refractivity contribution in [2.75, 3.05) is 0 Å². The molecule has 0 amide bonds. The van der Waals surface area contributed by atoms with Gasteiger partial charge in [0, 0.05) is 35.4 Å². The van der Waals surface area contributed by atoms with E-state index in [4.69, 9.17) is 4.43 Å². The summed E-state index contributed by atoms with van der Waals surface area (Å²) in [4.78, 5) is 15.3. The van der Waals surface area contributed by atoms with Crippen molar-refractivity contribution < 1.29 is 4.43 Å². The number of thiazole rings is 1. The molecule has 4 heterocycles. The van der Waals surface area contributed by atoms with Crippen LogP contribution in [0.5, 0.6) is 0 Å². The Kier molecular flexibility index (Phi) is 5.03. The second kappa shape index (κ2) is 7.18. The molecule has 0 bridgehead atoms. The Balaban J connectivity index is 1.68. The maximum Gasteiger partial charge on any atom is 0.276 e.